The van der Waals surface area contributed by atoms with E-state index >= 15 is 0 Å². The van der Waals surface area contributed by atoms with E-state index in [0.29, 0.717) is 17.9 Å². The molecule has 0 amide bonds. The molecule has 0 saturated heterocycles. The molecule has 0 fully saturated rings. The van der Waals surface area contributed by atoms with Gasteiger partial charge in [0.2, 0.25) is 0 Å². The van der Waals surface area contributed by atoms with Crippen molar-refractivity contribution in [2.45, 2.75) is 89.6 Å². The molecule has 0 aromatic heterocycles. The Hall–Kier alpha value is -1.16. The zero-order valence-corrected chi connectivity index (χ0v) is 19.3. The van der Waals surface area contributed by atoms with Crippen LogP contribution in [-0.4, -0.2) is 21.1 Å². The van der Waals surface area contributed by atoms with Crippen molar-refractivity contribution in [3.63, 3.8) is 0 Å². The van der Waals surface area contributed by atoms with E-state index in [0.717, 1.165) is 35.0 Å². The van der Waals surface area contributed by atoms with E-state index in [2.05, 4.69) is 49.7 Å². The van der Waals surface area contributed by atoms with Crippen molar-refractivity contribution in [2.75, 3.05) is 5.33 Å². The number of benzene rings is 1. The van der Waals surface area contributed by atoms with Gasteiger partial charge in [-0.1, -0.05) is 49.0 Å². The normalized spacial score (nSPS) is 23.4. The number of aromatic hydroxyl groups is 1. The van der Waals surface area contributed by atoms with E-state index < -0.39 is 0 Å². The van der Waals surface area contributed by atoms with Crippen LogP contribution in [0.3, 0.4) is 0 Å². The molecule has 1 aliphatic heterocycles. The van der Waals surface area contributed by atoms with Gasteiger partial charge in [-0.15, -0.1) is 0 Å². The summed E-state index contributed by atoms with van der Waals surface area (Å²) in [7, 11) is 0. The van der Waals surface area contributed by atoms with E-state index in [-0.39, 0.29) is 22.9 Å². The van der Waals surface area contributed by atoms with Gasteiger partial charge >= 0.3 is 0 Å². The second-order valence-electron chi connectivity index (χ2n) is 9.70. The molecule has 0 saturated carbocycles. The Morgan fingerprint density at radius 2 is 1.86 bits per heavy atom. The summed E-state index contributed by atoms with van der Waals surface area (Å²) in [6, 6.07) is 4.08. The topological polar surface area (TPSA) is 49.7 Å². The van der Waals surface area contributed by atoms with E-state index in [4.69, 9.17) is 4.74 Å². The number of fused-ring (bicyclic) bond motifs is 3. The maximum Gasteiger partial charge on any atom is 0.127 e. The Morgan fingerprint density at radius 3 is 2.57 bits per heavy atom. The first-order chi connectivity index (χ1) is 13.2. The number of hydrogen-bond donors (Lipinski definition) is 2. The van der Waals surface area contributed by atoms with Gasteiger partial charge in [0, 0.05) is 29.2 Å². The summed E-state index contributed by atoms with van der Waals surface area (Å²) >= 11 is 3.50. The number of aliphatic hydroxyl groups excluding tert-OH is 1. The molecule has 2 atom stereocenters. The van der Waals surface area contributed by atoms with Gasteiger partial charge in [-0.3, -0.25) is 0 Å². The van der Waals surface area contributed by atoms with Gasteiger partial charge in [0.05, 0.1) is 5.76 Å². The van der Waals surface area contributed by atoms with Gasteiger partial charge < -0.3 is 14.9 Å². The molecule has 2 N–H and O–H groups in total. The minimum Gasteiger partial charge on any atom is -0.513 e. The maximum atomic E-state index is 11.0. The molecule has 3 nitrogen and oxygen atoms in total. The van der Waals surface area contributed by atoms with E-state index in [9.17, 15) is 10.2 Å². The van der Waals surface area contributed by atoms with Crippen molar-refractivity contribution in [3.8, 4) is 11.5 Å². The lowest BCUT2D eigenvalue weighted by molar-refractivity contribution is 0.00424. The number of unbranched alkanes of at least 4 members (excludes halogenated alkanes) is 3. The number of alkyl halides is 1. The maximum absolute atomic E-state index is 11.0. The molecule has 1 unspecified atom stereocenters. The third kappa shape index (κ3) is 4.37. The Labute approximate surface area is 178 Å². The molecule has 4 heteroatoms. The first kappa shape index (κ1) is 21.5. The van der Waals surface area contributed by atoms with Gasteiger partial charge in [0.1, 0.15) is 17.1 Å². The number of allylic oxidation sites excluding steroid dienone is 2. The quantitative estimate of drug-likeness (QED) is 0.343. The minimum atomic E-state index is -0.320. The average molecular weight is 451 g/mol. The number of hydrogen-bond acceptors (Lipinski definition) is 3. The summed E-state index contributed by atoms with van der Waals surface area (Å²) in [5.41, 5.74) is 1.68. The zero-order valence-electron chi connectivity index (χ0n) is 17.7. The first-order valence-corrected chi connectivity index (χ1v) is 11.8. The SMILES string of the molecule is CC(C)(CCCCCCBr)c1cc(O)c2c(c1)OC(C)(C)[C@H]1CC=C(O)CC21. The van der Waals surface area contributed by atoms with Crippen LogP contribution in [-0.2, 0) is 5.41 Å². The summed E-state index contributed by atoms with van der Waals surface area (Å²) in [6.07, 6.45) is 9.27. The van der Waals surface area contributed by atoms with Crippen LogP contribution < -0.4 is 4.74 Å². The fourth-order valence-electron chi connectivity index (χ4n) is 4.93. The first-order valence-electron chi connectivity index (χ1n) is 10.7. The standard InChI is InChI=1S/C24H35BrO3/c1-23(2,11-7-5-6-8-12-25)16-13-20(27)22-18-15-17(26)9-10-19(18)24(3,4)28-21(22)14-16/h9,13-14,18-19,26-27H,5-8,10-12,15H2,1-4H3/t18?,19-/m0/s1. The molecule has 1 aromatic rings. The summed E-state index contributed by atoms with van der Waals surface area (Å²) in [4.78, 5) is 0. The highest BCUT2D eigenvalue weighted by Crippen LogP contribution is 2.54. The molecule has 1 aromatic carbocycles. The Bertz CT molecular complexity index is 736. The Morgan fingerprint density at radius 1 is 1.14 bits per heavy atom. The number of ether oxygens (including phenoxy) is 1. The molecule has 2 aliphatic rings. The van der Waals surface area contributed by atoms with Gasteiger partial charge in [-0.2, -0.15) is 0 Å². The Balaban J connectivity index is 1.86. The fraction of sp³-hybridized carbons (Fsp3) is 0.667. The van der Waals surface area contributed by atoms with Crippen molar-refractivity contribution >= 4 is 15.9 Å². The van der Waals surface area contributed by atoms with Gasteiger partial charge in [0.15, 0.2) is 0 Å². The van der Waals surface area contributed by atoms with Crippen molar-refractivity contribution < 1.29 is 14.9 Å². The van der Waals surface area contributed by atoms with Crippen LogP contribution in [0.5, 0.6) is 11.5 Å². The number of rotatable bonds is 7. The fourth-order valence-corrected chi connectivity index (χ4v) is 5.32. The minimum absolute atomic E-state index is 0.0140. The molecular formula is C24H35BrO3. The average Bonchev–Trinajstić information content (AvgIpc) is 2.60. The summed E-state index contributed by atoms with van der Waals surface area (Å²) in [5.74, 6) is 1.90. The van der Waals surface area contributed by atoms with Crippen molar-refractivity contribution in [2.24, 2.45) is 5.92 Å². The van der Waals surface area contributed by atoms with E-state index in [1.165, 1.54) is 25.7 Å². The lowest BCUT2D eigenvalue weighted by atomic mass is 9.67. The van der Waals surface area contributed by atoms with Crippen LogP contribution in [0.25, 0.3) is 0 Å². The second kappa shape index (κ2) is 8.30. The monoisotopic (exact) mass is 450 g/mol. The molecule has 0 spiro atoms. The number of phenolic OH excluding ortho intramolecular Hbond substituents is 1. The summed E-state index contributed by atoms with van der Waals surface area (Å²) in [6.45, 7) is 8.76. The van der Waals surface area contributed by atoms with Crippen molar-refractivity contribution in [3.05, 3.63) is 35.1 Å². The highest BCUT2D eigenvalue weighted by Gasteiger charge is 2.46. The van der Waals surface area contributed by atoms with Crippen LogP contribution >= 0.6 is 15.9 Å². The van der Waals surface area contributed by atoms with Crippen LogP contribution in [0.2, 0.25) is 0 Å². The van der Waals surface area contributed by atoms with Crippen molar-refractivity contribution in [1.29, 1.82) is 0 Å². The summed E-state index contributed by atoms with van der Waals surface area (Å²) in [5, 5.41) is 22.1. The summed E-state index contributed by atoms with van der Waals surface area (Å²) < 4.78 is 6.42. The highest BCUT2D eigenvalue weighted by atomic mass is 79.9. The number of halogens is 1. The molecular weight excluding hydrogens is 416 g/mol. The number of aliphatic hydroxyl groups is 1. The Kier molecular flexibility index (Phi) is 6.38. The number of phenols is 1. The predicted octanol–water partition coefficient (Wildman–Crippen LogP) is 7.12. The van der Waals surface area contributed by atoms with Gasteiger partial charge in [-0.05, 0) is 62.3 Å². The van der Waals surface area contributed by atoms with Gasteiger partial charge in [-0.25, -0.2) is 0 Å². The predicted molar refractivity (Wildman–Crippen MR) is 119 cm³/mol. The largest absolute Gasteiger partial charge is 0.513 e. The third-order valence-corrected chi connectivity index (χ3v) is 7.31. The molecule has 1 aliphatic carbocycles. The van der Waals surface area contributed by atoms with Crippen LogP contribution in [0.1, 0.15) is 89.7 Å². The molecule has 0 bridgehead atoms. The van der Waals surface area contributed by atoms with Gasteiger partial charge in [0.25, 0.3) is 0 Å². The molecule has 156 valence electrons. The second-order valence-corrected chi connectivity index (χ2v) is 10.5. The van der Waals surface area contributed by atoms with E-state index in [1.54, 1.807) is 0 Å². The molecule has 1 heterocycles. The molecule has 0 radical (unpaired) electrons. The molecule has 28 heavy (non-hydrogen) atoms. The molecule has 3 rings (SSSR count). The van der Waals surface area contributed by atoms with Crippen LogP contribution in [0, 0.1) is 5.92 Å². The van der Waals surface area contributed by atoms with E-state index in [1.807, 2.05) is 12.1 Å². The highest BCUT2D eigenvalue weighted by molar-refractivity contribution is 9.09. The zero-order chi connectivity index (χ0) is 20.5. The van der Waals surface area contributed by atoms with Crippen LogP contribution in [0.15, 0.2) is 24.0 Å². The van der Waals surface area contributed by atoms with Crippen LogP contribution in [0.4, 0.5) is 0 Å². The third-order valence-electron chi connectivity index (χ3n) is 6.75. The smallest absolute Gasteiger partial charge is 0.127 e. The lowest BCUT2D eigenvalue weighted by Crippen LogP contribution is -2.45. The lowest BCUT2D eigenvalue weighted by Gasteiger charge is -2.47. The van der Waals surface area contributed by atoms with Crippen molar-refractivity contribution in [1.82, 2.24) is 0 Å².